The highest BCUT2D eigenvalue weighted by Crippen LogP contribution is 2.37. The highest BCUT2D eigenvalue weighted by atomic mass is 79.9. The summed E-state index contributed by atoms with van der Waals surface area (Å²) in [6.45, 7) is 2.40. The van der Waals surface area contributed by atoms with Crippen molar-refractivity contribution in [1.29, 1.82) is 0 Å². The minimum atomic E-state index is -0.282. The van der Waals surface area contributed by atoms with Gasteiger partial charge in [0.2, 0.25) is 0 Å². The zero-order valence-electron chi connectivity index (χ0n) is 17.6. The standard InChI is InChI=1S/C25H19Br2FN2O2S/c1-2-15-5-9-19(10-6-15)29-25-30-24(31)22(33-25)13-17-11-20(26)23(21(27)12-17)32-14-16-3-7-18(28)8-4-16/h3-13H,2,14H2,1H3,(H,29,30,31)/b22-13-. The number of carbonyl (C=O) groups excluding carboxylic acids is 1. The van der Waals surface area contributed by atoms with Gasteiger partial charge in [0.15, 0.2) is 5.17 Å². The smallest absolute Gasteiger partial charge is 0.264 e. The number of halogens is 3. The molecule has 1 heterocycles. The zero-order valence-corrected chi connectivity index (χ0v) is 21.6. The molecule has 1 fully saturated rings. The summed E-state index contributed by atoms with van der Waals surface area (Å²) in [4.78, 5) is 17.5. The van der Waals surface area contributed by atoms with Crippen LogP contribution in [0.1, 0.15) is 23.6 Å². The van der Waals surface area contributed by atoms with Gasteiger partial charge in [0, 0.05) is 0 Å². The number of amides is 1. The number of hydrogen-bond donors (Lipinski definition) is 1. The lowest BCUT2D eigenvalue weighted by Crippen LogP contribution is -2.19. The number of rotatable bonds is 6. The third kappa shape index (κ3) is 6.13. The maximum atomic E-state index is 13.1. The van der Waals surface area contributed by atoms with E-state index >= 15 is 0 Å². The SMILES string of the molecule is CCc1ccc(N=C2NC(=O)/C(=C/c3cc(Br)c(OCc4ccc(F)cc4)c(Br)c3)S2)cc1. The molecule has 0 bridgehead atoms. The van der Waals surface area contributed by atoms with Crippen molar-refractivity contribution in [2.45, 2.75) is 20.0 Å². The number of ether oxygens (including phenoxy) is 1. The molecule has 0 spiro atoms. The van der Waals surface area contributed by atoms with Crippen LogP contribution in [0.5, 0.6) is 5.75 Å². The van der Waals surface area contributed by atoms with Crippen molar-refractivity contribution in [3.05, 3.63) is 97.0 Å². The predicted molar refractivity (Wildman–Crippen MR) is 139 cm³/mol. The lowest BCUT2D eigenvalue weighted by atomic mass is 10.2. The fourth-order valence-corrected chi connectivity index (χ4v) is 5.38. The molecule has 0 aromatic heterocycles. The van der Waals surface area contributed by atoms with Crippen LogP contribution in [0, 0.1) is 5.82 Å². The predicted octanol–water partition coefficient (Wildman–Crippen LogP) is 7.38. The van der Waals surface area contributed by atoms with Crippen molar-refractivity contribution >= 4 is 66.5 Å². The van der Waals surface area contributed by atoms with Gasteiger partial charge in [0.05, 0.1) is 19.5 Å². The Balaban J connectivity index is 1.48. The van der Waals surface area contributed by atoms with E-state index in [-0.39, 0.29) is 11.7 Å². The lowest BCUT2D eigenvalue weighted by molar-refractivity contribution is -0.115. The van der Waals surface area contributed by atoms with E-state index in [0.717, 1.165) is 32.2 Å². The second kappa shape index (κ2) is 10.7. The van der Waals surface area contributed by atoms with Crippen LogP contribution in [0.4, 0.5) is 10.1 Å². The molecule has 4 rings (SSSR count). The number of aryl methyl sites for hydroxylation is 1. The number of nitrogens with one attached hydrogen (secondary N) is 1. The van der Waals surface area contributed by atoms with Gasteiger partial charge in [-0.3, -0.25) is 4.79 Å². The maximum absolute atomic E-state index is 13.1. The van der Waals surface area contributed by atoms with E-state index in [1.807, 2.05) is 42.5 Å². The fourth-order valence-electron chi connectivity index (χ4n) is 3.09. The first kappa shape index (κ1) is 23.7. The van der Waals surface area contributed by atoms with Gasteiger partial charge in [-0.25, -0.2) is 9.38 Å². The molecule has 3 aromatic carbocycles. The van der Waals surface area contributed by atoms with E-state index in [4.69, 9.17) is 4.74 Å². The molecular weight excluding hydrogens is 571 g/mol. The molecule has 1 aliphatic rings. The molecule has 33 heavy (non-hydrogen) atoms. The monoisotopic (exact) mass is 588 g/mol. The molecule has 0 radical (unpaired) electrons. The van der Waals surface area contributed by atoms with Crippen LogP contribution in [0.15, 0.2) is 79.5 Å². The molecule has 0 unspecified atom stereocenters. The van der Waals surface area contributed by atoms with Crippen LogP contribution in [-0.2, 0) is 17.8 Å². The largest absolute Gasteiger partial charge is 0.487 e. The third-order valence-electron chi connectivity index (χ3n) is 4.84. The van der Waals surface area contributed by atoms with Crippen LogP contribution in [-0.4, -0.2) is 11.1 Å². The summed E-state index contributed by atoms with van der Waals surface area (Å²) in [6.07, 6.45) is 2.78. The average Bonchev–Trinajstić information content (AvgIpc) is 3.13. The van der Waals surface area contributed by atoms with Gasteiger partial charge >= 0.3 is 0 Å². The molecule has 3 aromatic rings. The lowest BCUT2D eigenvalue weighted by Gasteiger charge is -2.11. The van der Waals surface area contributed by atoms with Crippen molar-refractivity contribution in [1.82, 2.24) is 5.32 Å². The molecule has 0 aliphatic carbocycles. The van der Waals surface area contributed by atoms with Crippen molar-refractivity contribution in [2.24, 2.45) is 4.99 Å². The second-order valence-electron chi connectivity index (χ2n) is 7.23. The van der Waals surface area contributed by atoms with E-state index in [1.54, 1.807) is 12.1 Å². The molecule has 1 N–H and O–H groups in total. The summed E-state index contributed by atoms with van der Waals surface area (Å²) in [6, 6.07) is 17.9. The summed E-state index contributed by atoms with van der Waals surface area (Å²) in [5, 5.41) is 3.36. The summed E-state index contributed by atoms with van der Waals surface area (Å²) >= 11 is 8.38. The van der Waals surface area contributed by atoms with E-state index in [2.05, 4.69) is 49.1 Å². The zero-order chi connectivity index (χ0) is 23.4. The summed E-state index contributed by atoms with van der Waals surface area (Å²) in [7, 11) is 0. The van der Waals surface area contributed by atoms with Gasteiger partial charge in [-0.05, 0) is 109 Å². The van der Waals surface area contributed by atoms with Crippen LogP contribution < -0.4 is 10.1 Å². The number of hydrogen-bond acceptors (Lipinski definition) is 4. The Morgan fingerprint density at radius 1 is 1.03 bits per heavy atom. The maximum Gasteiger partial charge on any atom is 0.264 e. The van der Waals surface area contributed by atoms with Gasteiger partial charge in [-0.2, -0.15) is 0 Å². The molecule has 8 heteroatoms. The highest BCUT2D eigenvalue weighted by molar-refractivity contribution is 9.11. The van der Waals surface area contributed by atoms with E-state index in [1.165, 1.54) is 29.5 Å². The molecule has 1 saturated heterocycles. The van der Waals surface area contributed by atoms with Gasteiger partial charge in [-0.1, -0.05) is 31.2 Å². The Morgan fingerprint density at radius 2 is 1.67 bits per heavy atom. The quantitative estimate of drug-likeness (QED) is 0.305. The molecule has 1 aliphatic heterocycles. The number of amidine groups is 1. The topological polar surface area (TPSA) is 50.7 Å². The average molecular weight is 590 g/mol. The van der Waals surface area contributed by atoms with Gasteiger partial charge in [0.25, 0.3) is 5.91 Å². The summed E-state index contributed by atoms with van der Waals surface area (Å²) in [5.41, 5.74) is 3.72. The van der Waals surface area contributed by atoms with Crippen LogP contribution in [0.3, 0.4) is 0 Å². The first-order valence-electron chi connectivity index (χ1n) is 10.2. The molecule has 1 amide bonds. The van der Waals surface area contributed by atoms with E-state index in [9.17, 15) is 9.18 Å². The summed E-state index contributed by atoms with van der Waals surface area (Å²) < 4.78 is 20.4. The van der Waals surface area contributed by atoms with E-state index < -0.39 is 0 Å². The minimum absolute atomic E-state index is 0.187. The minimum Gasteiger partial charge on any atom is -0.487 e. The Bertz CT molecular complexity index is 1220. The number of benzene rings is 3. The number of thioether (sulfide) groups is 1. The van der Waals surface area contributed by atoms with Gasteiger partial charge in [0.1, 0.15) is 18.2 Å². The van der Waals surface area contributed by atoms with Crippen LogP contribution in [0.2, 0.25) is 0 Å². The first-order valence-corrected chi connectivity index (χ1v) is 12.6. The molecule has 4 nitrogen and oxygen atoms in total. The number of carbonyl (C=O) groups is 1. The second-order valence-corrected chi connectivity index (χ2v) is 9.97. The van der Waals surface area contributed by atoms with Gasteiger partial charge in [-0.15, -0.1) is 0 Å². The van der Waals surface area contributed by atoms with Gasteiger partial charge < -0.3 is 10.1 Å². The number of nitrogens with zero attached hydrogens (tertiary/aromatic N) is 1. The first-order chi connectivity index (χ1) is 15.9. The van der Waals surface area contributed by atoms with E-state index in [0.29, 0.717) is 22.4 Å². The molecule has 168 valence electrons. The third-order valence-corrected chi connectivity index (χ3v) is 6.93. The highest BCUT2D eigenvalue weighted by Gasteiger charge is 2.24. The Kier molecular flexibility index (Phi) is 7.67. The van der Waals surface area contributed by atoms with Crippen molar-refractivity contribution in [3.8, 4) is 5.75 Å². The van der Waals surface area contributed by atoms with Crippen molar-refractivity contribution in [2.75, 3.05) is 0 Å². The molecular formula is C25H19Br2FN2O2S. The van der Waals surface area contributed by atoms with Crippen LogP contribution >= 0.6 is 43.6 Å². The van der Waals surface area contributed by atoms with Crippen molar-refractivity contribution < 1.29 is 13.9 Å². The molecule has 0 saturated carbocycles. The molecule has 0 atom stereocenters. The van der Waals surface area contributed by atoms with Crippen molar-refractivity contribution in [3.63, 3.8) is 0 Å². The number of aliphatic imine (C=N–C) groups is 1. The van der Waals surface area contributed by atoms with Crippen LogP contribution in [0.25, 0.3) is 6.08 Å². The Labute approximate surface area is 212 Å². The fraction of sp³-hybridized carbons (Fsp3) is 0.120. The Morgan fingerprint density at radius 3 is 2.30 bits per heavy atom. The normalized spacial score (nSPS) is 15.8. The Hall–Kier alpha value is -2.42. The summed E-state index contributed by atoms with van der Waals surface area (Å²) in [5.74, 6) is 0.158.